The van der Waals surface area contributed by atoms with Crippen molar-refractivity contribution >= 4 is 23.2 Å². The zero-order valence-corrected chi connectivity index (χ0v) is 13.2. The lowest BCUT2D eigenvalue weighted by atomic mass is 10.2. The van der Waals surface area contributed by atoms with Gasteiger partial charge in [0.1, 0.15) is 11.9 Å². The molecule has 2 heterocycles. The van der Waals surface area contributed by atoms with E-state index >= 15 is 0 Å². The summed E-state index contributed by atoms with van der Waals surface area (Å²) in [7, 11) is 1.53. The fraction of sp³-hybridized carbons (Fsp3) is 0.294. The average molecular weight is 330 g/mol. The normalized spacial score (nSPS) is 16.6. The lowest BCUT2D eigenvalue weighted by Gasteiger charge is -2.15. The van der Waals surface area contributed by atoms with Crippen molar-refractivity contribution in [2.75, 3.05) is 24.4 Å². The van der Waals surface area contributed by atoms with Gasteiger partial charge < -0.3 is 24.5 Å². The number of furan rings is 1. The zero-order valence-electron chi connectivity index (χ0n) is 13.2. The molecular weight excluding hydrogens is 312 g/mol. The highest BCUT2D eigenvalue weighted by atomic mass is 16.5. The molecule has 0 spiro atoms. The van der Waals surface area contributed by atoms with Gasteiger partial charge in [-0.15, -0.1) is 0 Å². The summed E-state index contributed by atoms with van der Waals surface area (Å²) >= 11 is 0. The first-order valence-electron chi connectivity index (χ1n) is 7.63. The summed E-state index contributed by atoms with van der Waals surface area (Å²) in [5, 5.41) is 5.50. The minimum Gasteiger partial charge on any atom is -0.497 e. The van der Waals surface area contributed by atoms with E-state index in [2.05, 4.69) is 10.6 Å². The van der Waals surface area contributed by atoms with Gasteiger partial charge in [0, 0.05) is 12.7 Å². The molecule has 2 amide bonds. The van der Waals surface area contributed by atoms with Crippen LogP contribution in [0.25, 0.3) is 0 Å². The van der Waals surface area contributed by atoms with Gasteiger partial charge in [-0.1, -0.05) is 0 Å². The maximum atomic E-state index is 12.3. The summed E-state index contributed by atoms with van der Waals surface area (Å²) in [6, 6.07) is 8.18. The van der Waals surface area contributed by atoms with Crippen LogP contribution in [0.1, 0.15) is 23.4 Å². The van der Waals surface area contributed by atoms with Crippen LogP contribution in [0.2, 0.25) is 0 Å². The molecular formula is C17H18N2O5. The highest BCUT2D eigenvalue weighted by molar-refractivity contribution is 6.06. The van der Waals surface area contributed by atoms with Crippen LogP contribution in [0.4, 0.5) is 11.4 Å². The Balaban J connectivity index is 1.79. The van der Waals surface area contributed by atoms with Gasteiger partial charge in [-0.3, -0.25) is 9.59 Å². The maximum Gasteiger partial charge on any atom is 0.291 e. The van der Waals surface area contributed by atoms with Crippen molar-refractivity contribution < 1.29 is 23.5 Å². The minimum atomic E-state index is -0.468. The van der Waals surface area contributed by atoms with Gasteiger partial charge in [-0.2, -0.15) is 0 Å². The quantitative estimate of drug-likeness (QED) is 0.879. The summed E-state index contributed by atoms with van der Waals surface area (Å²) in [5.41, 5.74) is 0.887. The topological polar surface area (TPSA) is 89.8 Å². The summed E-state index contributed by atoms with van der Waals surface area (Å²) in [6.07, 6.45) is 2.50. The van der Waals surface area contributed by atoms with Crippen LogP contribution in [0.15, 0.2) is 41.0 Å². The van der Waals surface area contributed by atoms with Gasteiger partial charge in [-0.25, -0.2) is 0 Å². The third-order valence-electron chi connectivity index (χ3n) is 3.70. The smallest absolute Gasteiger partial charge is 0.291 e. The second kappa shape index (κ2) is 7.18. The lowest BCUT2D eigenvalue weighted by Crippen LogP contribution is -2.27. The predicted molar refractivity (Wildman–Crippen MR) is 87.3 cm³/mol. The molecule has 1 saturated heterocycles. The van der Waals surface area contributed by atoms with Gasteiger partial charge in [-0.05, 0) is 37.1 Å². The van der Waals surface area contributed by atoms with Crippen molar-refractivity contribution in [3.05, 3.63) is 42.4 Å². The van der Waals surface area contributed by atoms with Crippen LogP contribution in [-0.2, 0) is 9.53 Å². The molecule has 3 rings (SSSR count). The molecule has 24 heavy (non-hydrogen) atoms. The molecule has 1 atom stereocenters. The molecule has 7 nitrogen and oxygen atoms in total. The Morgan fingerprint density at radius 2 is 2.08 bits per heavy atom. The first-order valence-corrected chi connectivity index (χ1v) is 7.63. The number of nitrogens with one attached hydrogen (secondary N) is 2. The summed E-state index contributed by atoms with van der Waals surface area (Å²) < 4.78 is 15.6. The monoisotopic (exact) mass is 330 g/mol. The number of ether oxygens (including phenoxy) is 2. The van der Waals surface area contributed by atoms with Gasteiger partial charge in [0.2, 0.25) is 0 Å². The zero-order chi connectivity index (χ0) is 16.9. The Morgan fingerprint density at radius 1 is 1.21 bits per heavy atom. The van der Waals surface area contributed by atoms with E-state index in [9.17, 15) is 9.59 Å². The maximum absolute atomic E-state index is 12.3. The van der Waals surface area contributed by atoms with Crippen LogP contribution in [0.5, 0.6) is 5.75 Å². The van der Waals surface area contributed by atoms with Crippen LogP contribution in [0, 0.1) is 0 Å². The number of hydrogen-bond acceptors (Lipinski definition) is 5. The molecule has 126 valence electrons. The fourth-order valence-electron chi connectivity index (χ4n) is 2.45. The Morgan fingerprint density at radius 3 is 2.75 bits per heavy atom. The van der Waals surface area contributed by atoms with Gasteiger partial charge in [0.15, 0.2) is 5.76 Å². The van der Waals surface area contributed by atoms with E-state index in [1.165, 1.54) is 13.4 Å². The predicted octanol–water partition coefficient (Wildman–Crippen LogP) is 2.66. The van der Waals surface area contributed by atoms with E-state index in [1.54, 1.807) is 30.3 Å². The molecule has 0 saturated carbocycles. The fourth-order valence-corrected chi connectivity index (χ4v) is 2.45. The molecule has 0 radical (unpaired) electrons. The van der Waals surface area contributed by atoms with E-state index < -0.39 is 12.0 Å². The average Bonchev–Trinajstić information content (AvgIpc) is 3.29. The first-order chi connectivity index (χ1) is 11.7. The minimum absolute atomic E-state index is 0.183. The molecule has 0 unspecified atom stereocenters. The van der Waals surface area contributed by atoms with Crippen LogP contribution < -0.4 is 15.4 Å². The highest BCUT2D eigenvalue weighted by Crippen LogP contribution is 2.28. The Hall–Kier alpha value is -2.80. The molecule has 2 aromatic rings. The molecule has 2 N–H and O–H groups in total. The van der Waals surface area contributed by atoms with E-state index in [0.29, 0.717) is 30.2 Å². The Kier molecular flexibility index (Phi) is 4.81. The number of hydrogen-bond donors (Lipinski definition) is 2. The number of amides is 2. The molecule has 1 aliphatic heterocycles. The summed E-state index contributed by atoms with van der Waals surface area (Å²) in [6.45, 7) is 0.582. The number of benzene rings is 1. The molecule has 0 aliphatic carbocycles. The van der Waals surface area contributed by atoms with Crippen molar-refractivity contribution in [2.45, 2.75) is 18.9 Å². The number of methoxy groups -OCH3 is 1. The van der Waals surface area contributed by atoms with Crippen LogP contribution in [0.3, 0.4) is 0 Å². The standard InChI is InChI=1S/C17H18N2O5/c1-22-11-6-7-12(18-16(20)14-4-2-8-23-14)13(10-11)19-17(21)15-5-3-9-24-15/h2,4,6-8,10,15H,3,5,9H2,1H3,(H,18,20)(H,19,21)/t15-/m1/s1. The third-order valence-corrected chi connectivity index (χ3v) is 3.70. The molecule has 7 heteroatoms. The summed E-state index contributed by atoms with van der Waals surface area (Å²) in [5.74, 6) is 0.0999. The van der Waals surface area contributed by atoms with E-state index in [1.807, 2.05) is 0 Å². The second-order valence-corrected chi connectivity index (χ2v) is 5.33. The van der Waals surface area contributed by atoms with Crippen molar-refractivity contribution in [1.82, 2.24) is 0 Å². The second-order valence-electron chi connectivity index (χ2n) is 5.33. The summed E-state index contributed by atoms with van der Waals surface area (Å²) in [4.78, 5) is 24.4. The van der Waals surface area contributed by atoms with Gasteiger partial charge >= 0.3 is 0 Å². The third kappa shape index (κ3) is 3.57. The molecule has 1 aliphatic rings. The van der Waals surface area contributed by atoms with E-state index in [0.717, 1.165) is 6.42 Å². The number of carbonyl (C=O) groups is 2. The van der Waals surface area contributed by atoms with Crippen LogP contribution in [-0.4, -0.2) is 31.6 Å². The molecule has 1 aromatic carbocycles. The Bertz CT molecular complexity index is 721. The molecule has 1 fully saturated rings. The van der Waals surface area contributed by atoms with E-state index in [4.69, 9.17) is 13.9 Å². The SMILES string of the molecule is COc1ccc(NC(=O)c2ccco2)c(NC(=O)[C@H]2CCCO2)c1. The van der Waals surface area contributed by atoms with E-state index in [-0.39, 0.29) is 11.7 Å². The first kappa shape index (κ1) is 16.1. The molecule has 1 aromatic heterocycles. The Labute approximate surface area is 138 Å². The van der Waals surface area contributed by atoms with Gasteiger partial charge in [0.05, 0.1) is 24.7 Å². The van der Waals surface area contributed by atoms with Crippen LogP contribution >= 0.6 is 0 Å². The van der Waals surface area contributed by atoms with Crippen molar-refractivity contribution in [3.63, 3.8) is 0 Å². The van der Waals surface area contributed by atoms with Crippen molar-refractivity contribution in [3.8, 4) is 5.75 Å². The number of carbonyl (C=O) groups excluding carboxylic acids is 2. The highest BCUT2D eigenvalue weighted by Gasteiger charge is 2.24. The van der Waals surface area contributed by atoms with Crippen molar-refractivity contribution in [2.24, 2.45) is 0 Å². The lowest BCUT2D eigenvalue weighted by molar-refractivity contribution is -0.124. The van der Waals surface area contributed by atoms with Crippen molar-refractivity contribution in [1.29, 1.82) is 0 Å². The largest absolute Gasteiger partial charge is 0.497 e. The molecule has 0 bridgehead atoms. The van der Waals surface area contributed by atoms with Gasteiger partial charge in [0.25, 0.3) is 11.8 Å². The number of rotatable bonds is 5. The number of anilines is 2.